The minimum absolute atomic E-state index is 0.215. The molecule has 1 aromatic carbocycles. The minimum Gasteiger partial charge on any atom is -0.303 e. The van der Waals surface area contributed by atoms with Crippen molar-refractivity contribution in [2.45, 2.75) is 26.3 Å². The summed E-state index contributed by atoms with van der Waals surface area (Å²) < 4.78 is 3.43. The average molecular weight is 411 g/mol. The van der Waals surface area contributed by atoms with E-state index >= 15 is 0 Å². The SMILES string of the molecule is CC(C)c1ncccc1-c1ncc2[nH]c(=O)n(Cc3ccc(-n4cccn4)cc3)c2n1. The fourth-order valence-electron chi connectivity index (χ4n) is 3.65. The van der Waals surface area contributed by atoms with Crippen molar-refractivity contribution >= 4 is 11.2 Å². The summed E-state index contributed by atoms with van der Waals surface area (Å²) in [5.41, 5.74) is 4.73. The summed E-state index contributed by atoms with van der Waals surface area (Å²) in [6, 6.07) is 13.7. The van der Waals surface area contributed by atoms with Gasteiger partial charge < -0.3 is 4.98 Å². The van der Waals surface area contributed by atoms with Gasteiger partial charge in [-0.25, -0.2) is 19.4 Å². The zero-order valence-electron chi connectivity index (χ0n) is 17.2. The lowest BCUT2D eigenvalue weighted by Gasteiger charge is -2.10. The molecule has 0 amide bonds. The van der Waals surface area contributed by atoms with Gasteiger partial charge in [-0.2, -0.15) is 5.10 Å². The summed E-state index contributed by atoms with van der Waals surface area (Å²) in [5.74, 6) is 0.795. The fourth-order valence-corrected chi connectivity index (χ4v) is 3.65. The molecule has 0 spiro atoms. The summed E-state index contributed by atoms with van der Waals surface area (Å²) in [6.07, 6.45) is 7.06. The number of H-pyrrole nitrogens is 1. The third-order valence-corrected chi connectivity index (χ3v) is 5.18. The second-order valence-electron chi connectivity index (χ2n) is 7.66. The molecule has 8 nitrogen and oxygen atoms in total. The molecule has 154 valence electrons. The van der Waals surface area contributed by atoms with Crippen LogP contribution in [0.25, 0.3) is 28.2 Å². The lowest BCUT2D eigenvalue weighted by Crippen LogP contribution is -2.17. The molecule has 31 heavy (non-hydrogen) atoms. The lowest BCUT2D eigenvalue weighted by molar-refractivity contribution is 0.776. The van der Waals surface area contributed by atoms with Gasteiger partial charge in [0.25, 0.3) is 0 Å². The van der Waals surface area contributed by atoms with E-state index in [1.54, 1.807) is 27.8 Å². The number of benzene rings is 1. The van der Waals surface area contributed by atoms with Crippen LogP contribution in [-0.2, 0) is 6.54 Å². The predicted octanol–water partition coefficient (Wildman–Crippen LogP) is 3.54. The van der Waals surface area contributed by atoms with E-state index in [1.807, 2.05) is 48.7 Å². The summed E-state index contributed by atoms with van der Waals surface area (Å²) in [7, 11) is 0. The molecule has 0 aliphatic rings. The standard InChI is InChI=1S/C23H21N7O/c1-15(2)20-18(5-3-10-24-20)21-25-13-19-22(28-21)29(23(31)27-19)14-16-6-8-17(9-7-16)30-12-4-11-26-30/h3-13,15H,14H2,1-2H3,(H,27,31). The van der Waals surface area contributed by atoms with Crippen LogP contribution >= 0.6 is 0 Å². The Hall–Kier alpha value is -4.07. The van der Waals surface area contributed by atoms with Gasteiger partial charge in [0.05, 0.1) is 24.1 Å². The molecule has 5 rings (SSSR count). The highest BCUT2D eigenvalue weighted by molar-refractivity contribution is 5.73. The van der Waals surface area contributed by atoms with E-state index in [9.17, 15) is 4.79 Å². The van der Waals surface area contributed by atoms with Crippen LogP contribution in [0.5, 0.6) is 0 Å². The summed E-state index contributed by atoms with van der Waals surface area (Å²) in [6.45, 7) is 4.58. The number of rotatable bonds is 5. The van der Waals surface area contributed by atoms with Crippen molar-refractivity contribution < 1.29 is 0 Å². The smallest absolute Gasteiger partial charge is 0.303 e. The molecule has 4 aromatic heterocycles. The maximum absolute atomic E-state index is 12.6. The Morgan fingerprint density at radius 3 is 2.61 bits per heavy atom. The van der Waals surface area contributed by atoms with E-state index in [-0.39, 0.29) is 11.6 Å². The van der Waals surface area contributed by atoms with E-state index in [0.717, 1.165) is 22.5 Å². The molecule has 0 bridgehead atoms. The van der Waals surface area contributed by atoms with Crippen LogP contribution < -0.4 is 5.69 Å². The average Bonchev–Trinajstić information content (AvgIpc) is 3.43. The molecule has 0 aliphatic carbocycles. The van der Waals surface area contributed by atoms with Crippen molar-refractivity contribution in [2.75, 3.05) is 0 Å². The molecule has 0 saturated carbocycles. The van der Waals surface area contributed by atoms with Crippen molar-refractivity contribution in [2.24, 2.45) is 0 Å². The maximum Gasteiger partial charge on any atom is 0.328 e. The Balaban J connectivity index is 1.53. The molecule has 0 unspecified atom stereocenters. The third-order valence-electron chi connectivity index (χ3n) is 5.18. The van der Waals surface area contributed by atoms with Gasteiger partial charge in [-0.3, -0.25) is 9.55 Å². The third kappa shape index (κ3) is 3.52. The highest BCUT2D eigenvalue weighted by atomic mass is 16.1. The van der Waals surface area contributed by atoms with Crippen molar-refractivity contribution in [3.8, 4) is 17.1 Å². The first kappa shape index (κ1) is 18.9. The zero-order chi connectivity index (χ0) is 21.4. The first-order chi connectivity index (χ1) is 15.1. The second kappa shape index (κ2) is 7.64. The van der Waals surface area contributed by atoms with E-state index in [2.05, 4.69) is 33.9 Å². The zero-order valence-corrected chi connectivity index (χ0v) is 17.2. The Morgan fingerprint density at radius 2 is 1.87 bits per heavy atom. The Kier molecular flexibility index (Phi) is 4.66. The van der Waals surface area contributed by atoms with Gasteiger partial charge in [-0.1, -0.05) is 26.0 Å². The summed E-state index contributed by atoms with van der Waals surface area (Å²) in [4.78, 5) is 29.2. The van der Waals surface area contributed by atoms with Gasteiger partial charge in [0.15, 0.2) is 11.5 Å². The van der Waals surface area contributed by atoms with Crippen LogP contribution in [0.15, 0.2) is 72.0 Å². The number of pyridine rings is 1. The molecule has 8 heteroatoms. The van der Waals surface area contributed by atoms with Crippen LogP contribution in [0, 0.1) is 0 Å². The van der Waals surface area contributed by atoms with Gasteiger partial charge in [0, 0.05) is 24.2 Å². The van der Waals surface area contributed by atoms with Crippen molar-refractivity contribution in [3.05, 3.63) is 89.0 Å². The molecule has 0 aliphatic heterocycles. The van der Waals surface area contributed by atoms with Gasteiger partial charge in [-0.15, -0.1) is 0 Å². The topological polar surface area (TPSA) is 94.3 Å². The Morgan fingerprint density at radius 1 is 1.03 bits per heavy atom. The van der Waals surface area contributed by atoms with Crippen molar-refractivity contribution in [3.63, 3.8) is 0 Å². The Bertz CT molecular complexity index is 1400. The molecular formula is C23H21N7O. The van der Waals surface area contributed by atoms with E-state index in [1.165, 1.54) is 0 Å². The summed E-state index contributed by atoms with van der Waals surface area (Å²) >= 11 is 0. The number of hydrogen-bond acceptors (Lipinski definition) is 5. The highest BCUT2D eigenvalue weighted by Crippen LogP contribution is 2.25. The van der Waals surface area contributed by atoms with Crippen LogP contribution in [0.4, 0.5) is 0 Å². The molecule has 4 heterocycles. The first-order valence-electron chi connectivity index (χ1n) is 10.1. The molecular weight excluding hydrogens is 390 g/mol. The lowest BCUT2D eigenvalue weighted by atomic mass is 10.0. The van der Waals surface area contributed by atoms with Gasteiger partial charge in [0.1, 0.15) is 5.52 Å². The van der Waals surface area contributed by atoms with Crippen LogP contribution in [-0.4, -0.2) is 34.3 Å². The number of hydrogen-bond donors (Lipinski definition) is 1. The van der Waals surface area contributed by atoms with Crippen molar-refractivity contribution in [1.29, 1.82) is 0 Å². The molecule has 1 N–H and O–H groups in total. The van der Waals surface area contributed by atoms with E-state index in [4.69, 9.17) is 4.98 Å². The van der Waals surface area contributed by atoms with Crippen LogP contribution in [0.2, 0.25) is 0 Å². The number of nitrogens with zero attached hydrogens (tertiary/aromatic N) is 6. The van der Waals surface area contributed by atoms with E-state index < -0.39 is 0 Å². The first-order valence-corrected chi connectivity index (χ1v) is 10.1. The van der Waals surface area contributed by atoms with Crippen LogP contribution in [0.1, 0.15) is 31.0 Å². The molecule has 0 atom stereocenters. The second-order valence-corrected chi connectivity index (χ2v) is 7.66. The van der Waals surface area contributed by atoms with Gasteiger partial charge >= 0.3 is 5.69 Å². The maximum atomic E-state index is 12.6. The molecule has 0 radical (unpaired) electrons. The van der Waals surface area contributed by atoms with Crippen LogP contribution in [0.3, 0.4) is 0 Å². The molecule has 0 saturated heterocycles. The van der Waals surface area contributed by atoms with Gasteiger partial charge in [-0.05, 0) is 41.8 Å². The monoisotopic (exact) mass is 411 g/mol. The normalized spacial score (nSPS) is 11.5. The molecule has 0 fully saturated rings. The number of imidazole rings is 1. The van der Waals surface area contributed by atoms with Crippen molar-refractivity contribution in [1.82, 2.24) is 34.3 Å². The largest absolute Gasteiger partial charge is 0.328 e. The Labute approximate surface area is 178 Å². The number of aromatic nitrogens is 7. The quantitative estimate of drug-likeness (QED) is 0.477. The van der Waals surface area contributed by atoms with E-state index in [0.29, 0.717) is 23.5 Å². The number of aromatic amines is 1. The summed E-state index contributed by atoms with van der Waals surface area (Å²) in [5, 5.41) is 4.24. The molecule has 5 aromatic rings. The number of nitrogens with one attached hydrogen (secondary N) is 1. The number of fused-ring (bicyclic) bond motifs is 1. The highest BCUT2D eigenvalue weighted by Gasteiger charge is 2.15. The van der Waals surface area contributed by atoms with Gasteiger partial charge in [0.2, 0.25) is 0 Å². The fraction of sp³-hybridized carbons (Fsp3) is 0.174. The minimum atomic E-state index is -0.215. The predicted molar refractivity (Wildman–Crippen MR) is 118 cm³/mol.